The molecule has 1 aliphatic rings. The Balaban J connectivity index is 3.58. The predicted molar refractivity (Wildman–Crippen MR) is 65.1 cm³/mol. The topological polar surface area (TPSA) is 112 Å². The standard InChI is InChI=1S/C6H7F6N3O6S3/c1-13-2-14(23(18,19)5(7,8)9)3-15(4(13)22(16)17)24(20,21)6(10,11)12/h2-3H2,1H3. The Labute approximate surface area is 132 Å². The van der Waals surface area contributed by atoms with E-state index in [1.165, 1.54) is 0 Å². The maximum absolute atomic E-state index is 12.6. The fraction of sp³-hybridized carbons (Fsp3) is 0.833. The van der Waals surface area contributed by atoms with Gasteiger partial charge >= 0.3 is 31.1 Å². The molecule has 9 nitrogen and oxygen atoms in total. The van der Waals surface area contributed by atoms with Crippen molar-refractivity contribution in [2.24, 2.45) is 0 Å². The van der Waals surface area contributed by atoms with Crippen LogP contribution in [0.3, 0.4) is 0 Å². The van der Waals surface area contributed by atoms with Crippen molar-refractivity contribution >= 4 is 35.5 Å². The number of hydrogen-bond donors (Lipinski definition) is 0. The van der Waals surface area contributed by atoms with Gasteiger partial charge in [0.1, 0.15) is 0 Å². The van der Waals surface area contributed by atoms with E-state index in [9.17, 15) is 51.6 Å². The van der Waals surface area contributed by atoms with Crippen LogP contribution in [-0.4, -0.2) is 75.3 Å². The zero-order valence-electron chi connectivity index (χ0n) is 11.2. The molecule has 0 aromatic heterocycles. The second kappa shape index (κ2) is 6.09. The molecule has 0 N–H and O–H groups in total. The molecular formula is C6H7F6N3O6S3. The van der Waals surface area contributed by atoms with E-state index in [0.29, 0.717) is 7.05 Å². The first kappa shape index (κ1) is 21.1. The molecule has 0 aromatic rings. The first-order valence-electron chi connectivity index (χ1n) is 5.27. The highest BCUT2D eigenvalue weighted by Gasteiger charge is 2.58. The lowest BCUT2D eigenvalue weighted by molar-refractivity contribution is -0.0532. The number of alkyl halides is 6. The fourth-order valence-electron chi connectivity index (χ4n) is 1.55. The van der Waals surface area contributed by atoms with Crippen LogP contribution < -0.4 is 0 Å². The lowest BCUT2D eigenvalue weighted by Crippen LogP contribution is -2.63. The van der Waals surface area contributed by atoms with E-state index < -0.39 is 68.4 Å². The van der Waals surface area contributed by atoms with Gasteiger partial charge in [0.05, 0.1) is 13.3 Å². The molecule has 1 aliphatic heterocycles. The largest absolute Gasteiger partial charge is 0.512 e. The summed E-state index contributed by atoms with van der Waals surface area (Å²) in [6, 6.07) is 0. The van der Waals surface area contributed by atoms with Crippen molar-refractivity contribution in [2.45, 2.75) is 11.0 Å². The van der Waals surface area contributed by atoms with Crippen molar-refractivity contribution < 1.29 is 51.6 Å². The van der Waals surface area contributed by atoms with Crippen LogP contribution in [0, 0.1) is 0 Å². The van der Waals surface area contributed by atoms with E-state index >= 15 is 0 Å². The van der Waals surface area contributed by atoms with Crippen molar-refractivity contribution in [3.8, 4) is 0 Å². The van der Waals surface area contributed by atoms with Crippen LogP contribution in [0.1, 0.15) is 0 Å². The molecule has 0 unspecified atom stereocenters. The molecule has 1 rings (SSSR count). The highest BCUT2D eigenvalue weighted by molar-refractivity contribution is 7.92. The van der Waals surface area contributed by atoms with Gasteiger partial charge in [0.2, 0.25) is 15.4 Å². The molecule has 0 aliphatic carbocycles. The average molecular weight is 427 g/mol. The maximum atomic E-state index is 12.6. The molecule has 0 atom stereocenters. The van der Waals surface area contributed by atoms with Gasteiger partial charge in [0.25, 0.3) is 0 Å². The minimum Gasteiger partial charge on any atom is -0.240 e. The van der Waals surface area contributed by atoms with Crippen molar-refractivity contribution in [2.75, 3.05) is 20.4 Å². The van der Waals surface area contributed by atoms with E-state index in [0.717, 1.165) is 0 Å². The van der Waals surface area contributed by atoms with Crippen LogP contribution in [0.15, 0.2) is 0 Å². The summed E-state index contributed by atoms with van der Waals surface area (Å²) >= 11 is 0. The minimum atomic E-state index is -6.48. The van der Waals surface area contributed by atoms with Gasteiger partial charge in [0, 0.05) is 0 Å². The molecule has 0 bridgehead atoms. The SMILES string of the molecule is CN1CN(S(=O)(=O)C(F)(F)F)CN(S(=O)(=O)C(F)(F)F)C1=S(=O)=O. The Morgan fingerprint density at radius 1 is 0.875 bits per heavy atom. The van der Waals surface area contributed by atoms with Crippen LogP contribution in [0.5, 0.6) is 0 Å². The summed E-state index contributed by atoms with van der Waals surface area (Å²) in [6.07, 6.45) is 0. The second-order valence-corrected chi connectivity index (χ2v) is 8.82. The summed E-state index contributed by atoms with van der Waals surface area (Å²) in [5.74, 6) is 0. The highest BCUT2D eigenvalue weighted by Crippen LogP contribution is 2.32. The molecule has 18 heteroatoms. The monoisotopic (exact) mass is 427 g/mol. The third-order valence-corrected chi connectivity index (χ3v) is 6.46. The van der Waals surface area contributed by atoms with Crippen molar-refractivity contribution in [3.05, 3.63) is 0 Å². The number of rotatable bonds is 2. The number of halogens is 6. The Hall–Kier alpha value is -0.950. The van der Waals surface area contributed by atoms with Crippen LogP contribution in [0.2, 0.25) is 0 Å². The van der Waals surface area contributed by atoms with Gasteiger partial charge < -0.3 is 0 Å². The molecule has 0 saturated carbocycles. The molecule has 0 spiro atoms. The third-order valence-electron chi connectivity index (χ3n) is 2.56. The summed E-state index contributed by atoms with van der Waals surface area (Å²) in [6.45, 7) is -3.35. The molecule has 142 valence electrons. The zero-order valence-corrected chi connectivity index (χ0v) is 13.6. The van der Waals surface area contributed by atoms with E-state index in [-0.39, 0.29) is 4.90 Å². The van der Waals surface area contributed by atoms with Gasteiger partial charge in [-0.3, -0.25) is 0 Å². The lowest BCUT2D eigenvalue weighted by Gasteiger charge is -2.38. The number of hydrogen-bond acceptors (Lipinski definition) is 6. The summed E-state index contributed by atoms with van der Waals surface area (Å²) in [4.78, 5) is 0.0964. The van der Waals surface area contributed by atoms with E-state index in [2.05, 4.69) is 0 Å². The molecule has 0 amide bonds. The van der Waals surface area contributed by atoms with Crippen LogP contribution in [0.4, 0.5) is 26.3 Å². The number of sulfonamides is 2. The first-order chi connectivity index (χ1) is 10.4. The normalized spacial score (nSPS) is 20.4. The van der Waals surface area contributed by atoms with Crippen molar-refractivity contribution in [3.63, 3.8) is 0 Å². The Morgan fingerprint density at radius 2 is 1.29 bits per heavy atom. The van der Waals surface area contributed by atoms with E-state index in [1.807, 2.05) is 0 Å². The third kappa shape index (κ3) is 3.52. The van der Waals surface area contributed by atoms with Crippen LogP contribution >= 0.6 is 0 Å². The summed E-state index contributed by atoms with van der Waals surface area (Å²) in [5.41, 5.74) is -12.0. The molecule has 1 saturated heterocycles. The van der Waals surface area contributed by atoms with Crippen molar-refractivity contribution in [1.82, 2.24) is 13.5 Å². The second-order valence-electron chi connectivity index (χ2n) is 4.20. The Morgan fingerprint density at radius 3 is 1.62 bits per heavy atom. The minimum absolute atomic E-state index is 0.0964. The van der Waals surface area contributed by atoms with Gasteiger partial charge in [-0.15, -0.1) is 4.31 Å². The van der Waals surface area contributed by atoms with E-state index in [4.69, 9.17) is 0 Å². The Bertz CT molecular complexity index is 849. The summed E-state index contributed by atoms with van der Waals surface area (Å²) < 4.78 is 141. The van der Waals surface area contributed by atoms with E-state index in [1.54, 1.807) is 0 Å². The van der Waals surface area contributed by atoms with Gasteiger partial charge in [0.15, 0.2) is 0 Å². The van der Waals surface area contributed by atoms with Gasteiger partial charge in [-0.05, 0) is 7.05 Å². The first-order valence-corrected chi connectivity index (χ1v) is 9.23. The van der Waals surface area contributed by atoms with Gasteiger partial charge in [-0.2, -0.15) is 39.1 Å². The Kier molecular flexibility index (Phi) is 5.35. The highest BCUT2D eigenvalue weighted by atomic mass is 32.2. The number of nitrogens with zero attached hydrogens (tertiary/aromatic N) is 3. The molecule has 1 fully saturated rings. The molecule has 24 heavy (non-hydrogen) atoms. The van der Waals surface area contributed by atoms with Crippen LogP contribution in [0.25, 0.3) is 0 Å². The average Bonchev–Trinajstić information content (AvgIpc) is 2.34. The van der Waals surface area contributed by atoms with Crippen molar-refractivity contribution in [1.29, 1.82) is 0 Å². The lowest BCUT2D eigenvalue weighted by atomic mass is 10.7. The maximum Gasteiger partial charge on any atom is 0.512 e. The molecule has 0 aromatic carbocycles. The summed E-state index contributed by atoms with van der Waals surface area (Å²) in [5, 5.41) is -1.55. The smallest absolute Gasteiger partial charge is 0.240 e. The zero-order chi connectivity index (χ0) is 19.3. The molecule has 1 heterocycles. The predicted octanol–water partition coefficient (Wildman–Crippen LogP) is -0.883. The van der Waals surface area contributed by atoms with Gasteiger partial charge in [-0.1, -0.05) is 0 Å². The fourth-order valence-corrected chi connectivity index (χ4v) is 4.41. The summed E-state index contributed by atoms with van der Waals surface area (Å²) in [7, 11) is -15.7. The quantitative estimate of drug-likeness (QED) is 0.415. The molecule has 0 radical (unpaired) electrons. The van der Waals surface area contributed by atoms with Crippen LogP contribution in [-0.2, 0) is 30.3 Å². The molecular weight excluding hydrogens is 420 g/mol. The van der Waals surface area contributed by atoms with Gasteiger partial charge in [-0.25, -0.2) is 21.7 Å².